The Hall–Kier alpha value is 0.200. The molecule has 3 nitrogen and oxygen atoms in total. The molecule has 0 aromatic rings. The Balaban J connectivity index is 1.85. The Morgan fingerprint density at radius 2 is 1.60 bits per heavy atom. The van der Waals surface area contributed by atoms with Crippen LogP contribution in [0.2, 0.25) is 0 Å². The number of ether oxygens (including phenoxy) is 2. The second kappa shape index (κ2) is 6.97. The van der Waals surface area contributed by atoms with Gasteiger partial charge in [-0.25, -0.2) is 0 Å². The lowest BCUT2D eigenvalue weighted by atomic mass is 9.93. The van der Waals surface area contributed by atoms with E-state index >= 15 is 0 Å². The van der Waals surface area contributed by atoms with Crippen LogP contribution in [0.15, 0.2) is 10.1 Å². The minimum atomic E-state index is -1.09. The first kappa shape index (κ1) is 16.6. The van der Waals surface area contributed by atoms with Crippen molar-refractivity contribution >= 4 is 23.2 Å². The van der Waals surface area contributed by atoms with Crippen molar-refractivity contribution in [2.24, 2.45) is 0 Å². The molecule has 116 valence electrons. The molecule has 5 heteroatoms. The van der Waals surface area contributed by atoms with Gasteiger partial charge in [0.2, 0.25) is 5.79 Å². The molecule has 1 aliphatic carbocycles. The van der Waals surface area contributed by atoms with Crippen LogP contribution < -0.4 is 0 Å². The Bertz CT molecular complexity index is 364. The lowest BCUT2D eigenvalue weighted by Crippen LogP contribution is -2.35. The molecule has 1 fully saturated rings. The van der Waals surface area contributed by atoms with Gasteiger partial charge >= 0.3 is 0 Å². The first-order chi connectivity index (χ1) is 9.54. The normalized spacial score (nSPS) is 28.8. The monoisotopic (exact) mass is 322 g/mol. The van der Waals surface area contributed by atoms with Gasteiger partial charge in [0.05, 0.1) is 23.3 Å². The molecule has 0 saturated carbocycles. The molecule has 0 aromatic carbocycles. The van der Waals surface area contributed by atoms with Crippen LogP contribution >= 0.6 is 23.2 Å². The summed E-state index contributed by atoms with van der Waals surface area (Å²) >= 11 is 12.5. The highest BCUT2D eigenvalue weighted by atomic mass is 35.5. The highest BCUT2D eigenvalue weighted by Gasteiger charge is 2.56. The number of unbranched alkanes of at least 4 members (excludes halogenated alkanes) is 5. The molecule has 20 heavy (non-hydrogen) atoms. The fourth-order valence-electron chi connectivity index (χ4n) is 2.99. The van der Waals surface area contributed by atoms with E-state index in [-0.39, 0.29) is 0 Å². The van der Waals surface area contributed by atoms with Crippen molar-refractivity contribution in [3.8, 4) is 0 Å². The maximum atomic E-state index is 10.7. The molecule has 0 radical (unpaired) electrons. The zero-order chi connectivity index (χ0) is 14.6. The molecular weight excluding hydrogens is 299 g/mol. The van der Waals surface area contributed by atoms with Gasteiger partial charge in [-0.1, -0.05) is 68.7 Å². The minimum Gasteiger partial charge on any atom is -0.384 e. The van der Waals surface area contributed by atoms with Gasteiger partial charge in [0.1, 0.15) is 5.60 Å². The summed E-state index contributed by atoms with van der Waals surface area (Å²) in [7, 11) is 0. The quantitative estimate of drug-likeness (QED) is 0.710. The second-order valence-electron chi connectivity index (χ2n) is 5.80. The zero-order valence-electron chi connectivity index (χ0n) is 12.1. The lowest BCUT2D eigenvalue weighted by Gasteiger charge is -2.27. The molecule has 2 rings (SSSR count). The second-order valence-corrected chi connectivity index (χ2v) is 6.56. The number of hydrogen-bond acceptors (Lipinski definition) is 3. The van der Waals surface area contributed by atoms with Gasteiger partial charge in [-0.2, -0.15) is 0 Å². The van der Waals surface area contributed by atoms with E-state index in [4.69, 9.17) is 32.7 Å². The van der Waals surface area contributed by atoms with Crippen LogP contribution in [0.25, 0.3) is 0 Å². The Labute approximate surface area is 131 Å². The number of rotatable bonds is 7. The largest absolute Gasteiger partial charge is 0.384 e. The number of aliphatic hydroxyl groups is 1. The van der Waals surface area contributed by atoms with Crippen LogP contribution in [-0.2, 0) is 9.47 Å². The third-order valence-electron chi connectivity index (χ3n) is 4.16. The number of halogens is 2. The predicted molar refractivity (Wildman–Crippen MR) is 80.9 cm³/mol. The summed E-state index contributed by atoms with van der Waals surface area (Å²) < 4.78 is 11.2. The van der Waals surface area contributed by atoms with Gasteiger partial charge in [-0.05, 0) is 6.42 Å². The molecule has 0 amide bonds. The van der Waals surface area contributed by atoms with Crippen LogP contribution in [0, 0.1) is 0 Å². The van der Waals surface area contributed by atoms with E-state index in [0.29, 0.717) is 36.1 Å². The van der Waals surface area contributed by atoms with Crippen molar-refractivity contribution in [3.05, 3.63) is 10.1 Å². The third-order valence-corrected chi connectivity index (χ3v) is 5.27. The molecule has 1 N–H and O–H groups in total. The maximum Gasteiger partial charge on any atom is 0.210 e. The smallest absolute Gasteiger partial charge is 0.210 e. The summed E-state index contributed by atoms with van der Waals surface area (Å²) in [6.45, 7) is 3.19. The van der Waals surface area contributed by atoms with Crippen molar-refractivity contribution in [1.29, 1.82) is 0 Å². The summed E-state index contributed by atoms with van der Waals surface area (Å²) in [4.78, 5) is 0. The molecule has 1 heterocycles. The first-order valence-corrected chi connectivity index (χ1v) is 8.36. The Morgan fingerprint density at radius 3 is 2.25 bits per heavy atom. The molecule has 1 saturated heterocycles. The van der Waals surface area contributed by atoms with Crippen LogP contribution in [0.4, 0.5) is 0 Å². The third kappa shape index (κ3) is 3.33. The van der Waals surface area contributed by atoms with E-state index in [1.165, 1.54) is 25.7 Å². The van der Waals surface area contributed by atoms with Crippen LogP contribution in [0.1, 0.15) is 58.3 Å². The molecule has 0 bridgehead atoms. The van der Waals surface area contributed by atoms with Crippen molar-refractivity contribution in [1.82, 2.24) is 0 Å². The fourth-order valence-corrected chi connectivity index (χ4v) is 3.65. The molecular formula is C15H24Cl2O3. The average molecular weight is 323 g/mol. The molecule has 1 atom stereocenters. The van der Waals surface area contributed by atoms with E-state index in [1.54, 1.807) is 0 Å². The van der Waals surface area contributed by atoms with Gasteiger partial charge in [0.15, 0.2) is 0 Å². The Morgan fingerprint density at radius 1 is 1.00 bits per heavy atom. The van der Waals surface area contributed by atoms with Gasteiger partial charge in [-0.3, -0.25) is 0 Å². The summed E-state index contributed by atoms with van der Waals surface area (Å²) in [6, 6.07) is 0. The fraction of sp³-hybridized carbons (Fsp3) is 0.867. The van der Waals surface area contributed by atoms with Crippen LogP contribution in [-0.4, -0.2) is 29.7 Å². The number of hydrogen-bond donors (Lipinski definition) is 1. The highest BCUT2D eigenvalue weighted by molar-refractivity contribution is 6.41. The molecule has 1 aliphatic heterocycles. The van der Waals surface area contributed by atoms with E-state index in [0.717, 1.165) is 12.8 Å². The molecule has 0 aromatic heterocycles. The summed E-state index contributed by atoms with van der Waals surface area (Å²) in [5, 5.41) is 11.3. The van der Waals surface area contributed by atoms with E-state index in [2.05, 4.69) is 6.92 Å². The minimum absolute atomic E-state index is 0.301. The van der Waals surface area contributed by atoms with E-state index in [9.17, 15) is 5.11 Å². The van der Waals surface area contributed by atoms with E-state index in [1.807, 2.05) is 0 Å². The van der Waals surface area contributed by atoms with Gasteiger partial charge < -0.3 is 14.6 Å². The van der Waals surface area contributed by atoms with Gasteiger partial charge in [0, 0.05) is 6.42 Å². The Kier molecular flexibility index (Phi) is 5.78. The molecule has 1 spiro atoms. The lowest BCUT2D eigenvalue weighted by molar-refractivity contribution is -0.143. The zero-order valence-corrected chi connectivity index (χ0v) is 13.6. The van der Waals surface area contributed by atoms with Gasteiger partial charge in [-0.15, -0.1) is 0 Å². The van der Waals surface area contributed by atoms with Crippen LogP contribution in [0.5, 0.6) is 0 Å². The van der Waals surface area contributed by atoms with Crippen molar-refractivity contribution in [3.63, 3.8) is 0 Å². The predicted octanol–water partition coefficient (Wildman–Crippen LogP) is 4.30. The van der Waals surface area contributed by atoms with Crippen LogP contribution in [0.3, 0.4) is 0 Å². The summed E-state index contributed by atoms with van der Waals surface area (Å²) in [5.74, 6) is -0.990. The summed E-state index contributed by atoms with van der Waals surface area (Å²) in [5.41, 5.74) is -1.09. The van der Waals surface area contributed by atoms with E-state index < -0.39 is 11.4 Å². The molecule has 1 unspecified atom stereocenters. The van der Waals surface area contributed by atoms with Crippen molar-refractivity contribution in [2.45, 2.75) is 69.7 Å². The first-order valence-electron chi connectivity index (χ1n) is 7.60. The van der Waals surface area contributed by atoms with Crippen molar-refractivity contribution in [2.75, 3.05) is 13.2 Å². The standard InChI is InChI=1S/C15H24Cl2O3/c1-2-3-4-5-6-7-8-14(18)11-15(13(17)12(14)16)19-9-10-20-15/h18H,2-11H2,1H3. The van der Waals surface area contributed by atoms with Crippen molar-refractivity contribution < 1.29 is 14.6 Å². The molecule has 2 aliphatic rings. The SMILES string of the molecule is CCCCCCCCC1(O)CC2(OCCO2)C(Cl)=C1Cl. The summed E-state index contributed by atoms with van der Waals surface area (Å²) in [6.07, 6.45) is 7.96. The van der Waals surface area contributed by atoms with Gasteiger partial charge in [0.25, 0.3) is 0 Å². The highest BCUT2D eigenvalue weighted by Crippen LogP contribution is 2.52. The maximum absolute atomic E-state index is 10.7. The average Bonchev–Trinajstić information content (AvgIpc) is 2.96. The topological polar surface area (TPSA) is 38.7 Å².